The van der Waals surface area contributed by atoms with E-state index in [4.69, 9.17) is 5.73 Å². The Morgan fingerprint density at radius 1 is 1.33 bits per heavy atom. The summed E-state index contributed by atoms with van der Waals surface area (Å²) in [6, 6.07) is 6.77. The minimum Gasteiger partial charge on any atom is -0.323 e. The predicted molar refractivity (Wildman–Crippen MR) is 74.5 cm³/mol. The summed E-state index contributed by atoms with van der Waals surface area (Å²) in [4.78, 5) is 6.30. The third-order valence-electron chi connectivity index (χ3n) is 2.77. The number of aromatic nitrogens is 1. The Labute approximate surface area is 112 Å². The molecule has 0 saturated carbocycles. The lowest BCUT2D eigenvalue weighted by molar-refractivity contribution is 0.630. The fraction of sp³-hybridized carbons (Fsp3) is 0.154. The van der Waals surface area contributed by atoms with Gasteiger partial charge in [-0.05, 0) is 29.7 Å². The Hall–Kier alpha value is -1.30. The number of thiophene rings is 1. The number of thiazole rings is 1. The van der Waals surface area contributed by atoms with Crippen LogP contribution >= 0.6 is 22.7 Å². The molecule has 2 aromatic heterocycles. The van der Waals surface area contributed by atoms with Gasteiger partial charge in [-0.15, -0.1) is 22.7 Å². The van der Waals surface area contributed by atoms with E-state index in [2.05, 4.69) is 4.98 Å². The van der Waals surface area contributed by atoms with Crippen molar-refractivity contribution < 1.29 is 4.39 Å². The van der Waals surface area contributed by atoms with Crippen LogP contribution in [0.2, 0.25) is 0 Å². The Bertz CT molecular complexity index is 661. The van der Waals surface area contributed by atoms with Crippen LogP contribution in [0.5, 0.6) is 0 Å². The van der Waals surface area contributed by atoms with Gasteiger partial charge in [0.05, 0.1) is 5.51 Å². The van der Waals surface area contributed by atoms with Gasteiger partial charge in [0.15, 0.2) is 0 Å². The SMILES string of the molecule is NC(Cc1cncs1)c1cc2cc(F)ccc2s1. The van der Waals surface area contributed by atoms with Crippen molar-refractivity contribution in [3.05, 3.63) is 51.5 Å². The van der Waals surface area contributed by atoms with Gasteiger partial charge in [-0.25, -0.2) is 4.39 Å². The van der Waals surface area contributed by atoms with E-state index in [-0.39, 0.29) is 11.9 Å². The first kappa shape index (κ1) is 11.8. The number of halogens is 1. The molecule has 0 aliphatic carbocycles. The molecule has 3 aromatic rings. The molecule has 0 radical (unpaired) electrons. The molecule has 0 aliphatic heterocycles. The van der Waals surface area contributed by atoms with Crippen LogP contribution in [0.3, 0.4) is 0 Å². The van der Waals surface area contributed by atoms with Crippen LogP contribution in [0.25, 0.3) is 10.1 Å². The number of nitrogens with two attached hydrogens (primary N) is 1. The molecule has 1 unspecified atom stereocenters. The van der Waals surface area contributed by atoms with Gasteiger partial charge in [-0.3, -0.25) is 4.98 Å². The van der Waals surface area contributed by atoms with Gasteiger partial charge in [-0.2, -0.15) is 0 Å². The highest BCUT2D eigenvalue weighted by Gasteiger charge is 2.12. The third-order valence-corrected chi connectivity index (χ3v) is 4.82. The van der Waals surface area contributed by atoms with E-state index in [0.717, 1.165) is 21.4 Å². The van der Waals surface area contributed by atoms with Crippen LogP contribution in [0.4, 0.5) is 4.39 Å². The van der Waals surface area contributed by atoms with Gasteiger partial charge in [0, 0.05) is 33.1 Å². The summed E-state index contributed by atoms with van der Waals surface area (Å²) >= 11 is 3.24. The first-order chi connectivity index (χ1) is 8.72. The first-order valence-electron chi connectivity index (χ1n) is 5.54. The molecular weight excluding hydrogens is 267 g/mol. The van der Waals surface area contributed by atoms with Crippen molar-refractivity contribution in [2.75, 3.05) is 0 Å². The van der Waals surface area contributed by atoms with Crippen LogP contribution in [-0.4, -0.2) is 4.98 Å². The largest absolute Gasteiger partial charge is 0.323 e. The van der Waals surface area contributed by atoms with Gasteiger partial charge in [0.25, 0.3) is 0 Å². The molecule has 0 saturated heterocycles. The van der Waals surface area contributed by atoms with Gasteiger partial charge in [0.2, 0.25) is 0 Å². The second-order valence-electron chi connectivity index (χ2n) is 4.11. The summed E-state index contributed by atoms with van der Waals surface area (Å²) < 4.78 is 14.2. The van der Waals surface area contributed by atoms with Crippen molar-refractivity contribution in [2.45, 2.75) is 12.5 Å². The molecule has 1 aromatic carbocycles. The highest BCUT2D eigenvalue weighted by atomic mass is 32.1. The Morgan fingerprint density at radius 3 is 3.00 bits per heavy atom. The first-order valence-corrected chi connectivity index (χ1v) is 7.24. The molecule has 0 amide bonds. The van der Waals surface area contributed by atoms with Crippen LogP contribution in [-0.2, 0) is 6.42 Å². The van der Waals surface area contributed by atoms with E-state index in [1.54, 1.807) is 34.8 Å². The molecule has 18 heavy (non-hydrogen) atoms. The van der Waals surface area contributed by atoms with Crippen LogP contribution in [0, 0.1) is 5.82 Å². The molecule has 2 nitrogen and oxygen atoms in total. The van der Waals surface area contributed by atoms with E-state index < -0.39 is 0 Å². The summed E-state index contributed by atoms with van der Waals surface area (Å²) in [5, 5.41) is 0.926. The molecule has 1 atom stereocenters. The van der Waals surface area contributed by atoms with Crippen LogP contribution in [0.15, 0.2) is 36.0 Å². The maximum absolute atomic E-state index is 13.1. The highest BCUT2D eigenvalue weighted by molar-refractivity contribution is 7.19. The number of rotatable bonds is 3. The predicted octanol–water partition coefficient (Wildman–Crippen LogP) is 3.74. The zero-order valence-corrected chi connectivity index (χ0v) is 11.1. The van der Waals surface area contributed by atoms with E-state index >= 15 is 0 Å². The molecule has 2 N–H and O–H groups in total. The fourth-order valence-electron chi connectivity index (χ4n) is 1.88. The lowest BCUT2D eigenvalue weighted by Gasteiger charge is -2.06. The Balaban J connectivity index is 1.89. The molecule has 0 spiro atoms. The van der Waals surface area contributed by atoms with Crippen molar-refractivity contribution >= 4 is 32.8 Å². The molecule has 0 aliphatic rings. The summed E-state index contributed by atoms with van der Waals surface area (Å²) in [5.74, 6) is -0.206. The van der Waals surface area contributed by atoms with Gasteiger partial charge < -0.3 is 5.73 Å². The minimum absolute atomic E-state index is 0.0501. The third kappa shape index (κ3) is 2.29. The van der Waals surface area contributed by atoms with E-state index in [9.17, 15) is 4.39 Å². The molecule has 5 heteroatoms. The highest BCUT2D eigenvalue weighted by Crippen LogP contribution is 2.31. The van der Waals surface area contributed by atoms with E-state index in [1.165, 1.54) is 10.9 Å². The summed E-state index contributed by atoms with van der Waals surface area (Å²) in [6.45, 7) is 0. The second kappa shape index (κ2) is 4.76. The number of hydrogen-bond acceptors (Lipinski definition) is 4. The molecule has 3 rings (SSSR count). The zero-order chi connectivity index (χ0) is 12.5. The maximum Gasteiger partial charge on any atom is 0.123 e. The zero-order valence-electron chi connectivity index (χ0n) is 9.47. The molecule has 0 bridgehead atoms. The normalized spacial score (nSPS) is 13.0. The average molecular weight is 278 g/mol. The number of fused-ring (bicyclic) bond motifs is 1. The number of benzene rings is 1. The standard InChI is InChI=1S/C13H11FN2S2/c14-9-1-2-12-8(3-9)4-13(18-12)11(15)5-10-6-16-7-17-10/h1-4,6-7,11H,5,15H2. The number of nitrogens with zero attached hydrogens (tertiary/aromatic N) is 1. The molecule has 0 fully saturated rings. The second-order valence-corrected chi connectivity index (χ2v) is 6.20. The van der Waals surface area contributed by atoms with Gasteiger partial charge in [0.1, 0.15) is 5.82 Å². The minimum atomic E-state index is -0.206. The number of hydrogen-bond donors (Lipinski definition) is 1. The maximum atomic E-state index is 13.1. The van der Waals surface area contributed by atoms with Crippen molar-refractivity contribution in [1.29, 1.82) is 0 Å². The summed E-state index contributed by atoms with van der Waals surface area (Å²) in [5.41, 5.74) is 7.99. The summed E-state index contributed by atoms with van der Waals surface area (Å²) in [7, 11) is 0. The quantitative estimate of drug-likeness (QED) is 0.792. The van der Waals surface area contributed by atoms with Crippen LogP contribution < -0.4 is 5.73 Å². The van der Waals surface area contributed by atoms with E-state index in [1.807, 2.05) is 17.8 Å². The summed E-state index contributed by atoms with van der Waals surface area (Å²) in [6.07, 6.45) is 2.62. The molecular formula is C13H11FN2S2. The molecule has 2 heterocycles. The molecule has 92 valence electrons. The fourth-order valence-corrected chi connectivity index (χ4v) is 3.58. The van der Waals surface area contributed by atoms with Crippen molar-refractivity contribution in [3.63, 3.8) is 0 Å². The smallest absolute Gasteiger partial charge is 0.123 e. The topological polar surface area (TPSA) is 38.9 Å². The van der Waals surface area contributed by atoms with E-state index in [0.29, 0.717) is 0 Å². The van der Waals surface area contributed by atoms with Crippen LogP contribution in [0.1, 0.15) is 15.8 Å². The Morgan fingerprint density at radius 2 is 2.22 bits per heavy atom. The Kier molecular flexibility index (Phi) is 3.11. The lowest BCUT2D eigenvalue weighted by atomic mass is 10.1. The van der Waals surface area contributed by atoms with Crippen molar-refractivity contribution in [1.82, 2.24) is 4.98 Å². The van der Waals surface area contributed by atoms with Gasteiger partial charge >= 0.3 is 0 Å². The van der Waals surface area contributed by atoms with Crippen molar-refractivity contribution in [2.24, 2.45) is 5.73 Å². The lowest BCUT2D eigenvalue weighted by Crippen LogP contribution is -2.10. The van der Waals surface area contributed by atoms with Crippen molar-refractivity contribution in [3.8, 4) is 0 Å². The average Bonchev–Trinajstić information content (AvgIpc) is 2.96. The van der Waals surface area contributed by atoms with Gasteiger partial charge in [-0.1, -0.05) is 0 Å². The monoisotopic (exact) mass is 278 g/mol.